The van der Waals surface area contributed by atoms with Crippen LogP contribution in [0.3, 0.4) is 0 Å². The summed E-state index contributed by atoms with van der Waals surface area (Å²) in [6, 6.07) is 4.10. The van der Waals surface area contributed by atoms with Crippen LogP contribution < -0.4 is 4.74 Å². The molecule has 5 heteroatoms. The SMILES string of the molecule is CC(C=O)c1ccc(OC(F)F)c(C=O)c1. The molecule has 1 atom stereocenters. The van der Waals surface area contributed by atoms with Gasteiger partial charge in [-0.3, -0.25) is 4.79 Å². The van der Waals surface area contributed by atoms with Crippen molar-refractivity contribution < 1.29 is 23.1 Å². The number of benzene rings is 1. The van der Waals surface area contributed by atoms with Crippen molar-refractivity contribution >= 4 is 12.6 Å². The highest BCUT2D eigenvalue weighted by Crippen LogP contribution is 2.23. The minimum atomic E-state index is -2.98. The molecule has 0 bridgehead atoms. The third kappa shape index (κ3) is 2.85. The summed E-state index contributed by atoms with van der Waals surface area (Å²) in [6.07, 6.45) is 1.12. The molecule has 0 N–H and O–H groups in total. The Balaban J connectivity index is 3.06. The topological polar surface area (TPSA) is 43.4 Å². The van der Waals surface area contributed by atoms with Crippen molar-refractivity contribution in [1.82, 2.24) is 0 Å². The van der Waals surface area contributed by atoms with E-state index in [2.05, 4.69) is 4.74 Å². The average Bonchev–Trinajstić information content (AvgIpc) is 2.27. The van der Waals surface area contributed by atoms with Crippen LogP contribution in [0.5, 0.6) is 5.75 Å². The highest BCUT2D eigenvalue weighted by molar-refractivity contribution is 5.80. The monoisotopic (exact) mass is 228 g/mol. The van der Waals surface area contributed by atoms with Gasteiger partial charge >= 0.3 is 6.61 Å². The molecular formula is C11H10F2O3. The Labute approximate surface area is 91.0 Å². The van der Waals surface area contributed by atoms with Gasteiger partial charge in [-0.05, 0) is 17.7 Å². The molecule has 0 aliphatic heterocycles. The van der Waals surface area contributed by atoms with Crippen molar-refractivity contribution in [3.05, 3.63) is 29.3 Å². The van der Waals surface area contributed by atoms with Crippen LogP contribution in [-0.2, 0) is 4.79 Å². The van der Waals surface area contributed by atoms with Gasteiger partial charge in [0.25, 0.3) is 0 Å². The molecule has 1 aromatic rings. The minimum Gasteiger partial charge on any atom is -0.434 e. The van der Waals surface area contributed by atoms with Crippen molar-refractivity contribution in [3.8, 4) is 5.75 Å². The number of rotatable bonds is 5. The van der Waals surface area contributed by atoms with Gasteiger partial charge < -0.3 is 9.53 Å². The second-order valence-electron chi connectivity index (χ2n) is 3.22. The summed E-state index contributed by atoms with van der Waals surface area (Å²) in [5, 5.41) is 0. The van der Waals surface area contributed by atoms with Gasteiger partial charge in [0.1, 0.15) is 12.0 Å². The number of carbonyl (C=O) groups is 2. The van der Waals surface area contributed by atoms with Crippen LogP contribution in [0.2, 0.25) is 0 Å². The quantitative estimate of drug-likeness (QED) is 0.727. The summed E-state index contributed by atoms with van der Waals surface area (Å²) in [5.74, 6) is -0.578. The maximum atomic E-state index is 12.0. The van der Waals surface area contributed by atoms with E-state index in [-0.39, 0.29) is 17.2 Å². The van der Waals surface area contributed by atoms with E-state index in [1.807, 2.05) is 0 Å². The number of hydrogen-bond donors (Lipinski definition) is 0. The molecule has 0 saturated heterocycles. The number of halogens is 2. The first-order valence-corrected chi connectivity index (χ1v) is 4.57. The van der Waals surface area contributed by atoms with Crippen LogP contribution in [0.15, 0.2) is 18.2 Å². The van der Waals surface area contributed by atoms with E-state index in [4.69, 9.17) is 0 Å². The molecule has 16 heavy (non-hydrogen) atoms. The van der Waals surface area contributed by atoms with E-state index in [0.29, 0.717) is 18.1 Å². The van der Waals surface area contributed by atoms with E-state index in [0.717, 1.165) is 0 Å². The third-order valence-corrected chi connectivity index (χ3v) is 2.11. The second kappa shape index (κ2) is 5.34. The highest BCUT2D eigenvalue weighted by Gasteiger charge is 2.12. The lowest BCUT2D eigenvalue weighted by Crippen LogP contribution is -2.05. The molecule has 1 aromatic carbocycles. The van der Waals surface area contributed by atoms with Gasteiger partial charge in [-0.2, -0.15) is 8.78 Å². The zero-order chi connectivity index (χ0) is 12.1. The molecule has 0 aliphatic carbocycles. The molecule has 1 rings (SSSR count). The fraction of sp³-hybridized carbons (Fsp3) is 0.273. The Morgan fingerprint density at radius 3 is 2.50 bits per heavy atom. The summed E-state index contributed by atoms with van der Waals surface area (Å²) in [5.41, 5.74) is 0.588. The molecule has 3 nitrogen and oxygen atoms in total. The number of alkyl halides is 2. The molecule has 0 spiro atoms. The van der Waals surface area contributed by atoms with Crippen LogP contribution in [0.1, 0.15) is 28.8 Å². The number of carbonyl (C=O) groups excluding carboxylic acids is 2. The summed E-state index contributed by atoms with van der Waals surface area (Å²) in [7, 11) is 0. The average molecular weight is 228 g/mol. The largest absolute Gasteiger partial charge is 0.434 e. The number of hydrogen-bond acceptors (Lipinski definition) is 3. The van der Waals surface area contributed by atoms with E-state index in [1.54, 1.807) is 6.92 Å². The van der Waals surface area contributed by atoms with Gasteiger partial charge in [0.05, 0.1) is 5.56 Å². The van der Waals surface area contributed by atoms with Crippen LogP contribution in [0, 0.1) is 0 Å². The maximum absolute atomic E-state index is 12.0. The lowest BCUT2D eigenvalue weighted by molar-refractivity contribution is -0.108. The van der Waals surface area contributed by atoms with Crippen LogP contribution in [0.25, 0.3) is 0 Å². The maximum Gasteiger partial charge on any atom is 0.387 e. The zero-order valence-corrected chi connectivity index (χ0v) is 8.52. The van der Waals surface area contributed by atoms with Crippen LogP contribution in [0.4, 0.5) is 8.78 Å². The standard InChI is InChI=1S/C11H10F2O3/c1-7(5-14)8-2-3-10(16-11(12)13)9(4-8)6-15/h2-7,11H,1H3. The highest BCUT2D eigenvalue weighted by atomic mass is 19.3. The first kappa shape index (κ1) is 12.3. The first-order chi connectivity index (χ1) is 7.58. The molecule has 0 saturated carbocycles. The van der Waals surface area contributed by atoms with E-state index >= 15 is 0 Å². The van der Waals surface area contributed by atoms with Crippen molar-refractivity contribution in [2.75, 3.05) is 0 Å². The second-order valence-corrected chi connectivity index (χ2v) is 3.22. The van der Waals surface area contributed by atoms with Crippen molar-refractivity contribution in [3.63, 3.8) is 0 Å². The molecule has 1 unspecified atom stereocenters. The predicted molar refractivity (Wildman–Crippen MR) is 52.9 cm³/mol. The Morgan fingerprint density at radius 2 is 2.00 bits per heavy atom. The Hall–Kier alpha value is -1.78. The molecule has 86 valence electrons. The van der Waals surface area contributed by atoms with Gasteiger partial charge in [0, 0.05) is 5.92 Å². The van der Waals surface area contributed by atoms with E-state index in [9.17, 15) is 18.4 Å². The third-order valence-electron chi connectivity index (χ3n) is 2.11. The predicted octanol–water partition coefficient (Wildman–Crippen LogP) is 2.40. The molecule has 0 radical (unpaired) electrons. The van der Waals surface area contributed by atoms with Crippen LogP contribution in [-0.4, -0.2) is 19.2 Å². The number of ether oxygens (including phenoxy) is 1. The van der Waals surface area contributed by atoms with Crippen molar-refractivity contribution in [2.24, 2.45) is 0 Å². The number of aldehydes is 2. The molecule has 0 heterocycles. The first-order valence-electron chi connectivity index (χ1n) is 4.57. The van der Waals surface area contributed by atoms with Gasteiger partial charge in [0.15, 0.2) is 6.29 Å². The van der Waals surface area contributed by atoms with E-state index in [1.165, 1.54) is 18.2 Å². The molecule has 0 amide bonds. The molecule has 0 fully saturated rings. The lowest BCUT2D eigenvalue weighted by Gasteiger charge is -2.10. The minimum absolute atomic E-state index is 0.00602. The summed E-state index contributed by atoms with van der Waals surface area (Å²) < 4.78 is 28.1. The summed E-state index contributed by atoms with van der Waals surface area (Å²) in [6.45, 7) is -1.34. The smallest absolute Gasteiger partial charge is 0.387 e. The van der Waals surface area contributed by atoms with Gasteiger partial charge in [-0.1, -0.05) is 13.0 Å². The molecule has 0 aliphatic rings. The fourth-order valence-corrected chi connectivity index (χ4v) is 1.22. The van der Waals surface area contributed by atoms with E-state index < -0.39 is 6.61 Å². The molecular weight excluding hydrogens is 218 g/mol. The lowest BCUT2D eigenvalue weighted by atomic mass is 10.0. The Morgan fingerprint density at radius 1 is 1.31 bits per heavy atom. The Bertz CT molecular complexity index is 391. The summed E-state index contributed by atoms with van der Waals surface area (Å²) in [4.78, 5) is 21.2. The fourth-order valence-electron chi connectivity index (χ4n) is 1.22. The summed E-state index contributed by atoms with van der Waals surface area (Å²) >= 11 is 0. The van der Waals surface area contributed by atoms with Gasteiger partial charge in [-0.25, -0.2) is 0 Å². The van der Waals surface area contributed by atoms with Crippen molar-refractivity contribution in [2.45, 2.75) is 19.5 Å². The van der Waals surface area contributed by atoms with Crippen molar-refractivity contribution in [1.29, 1.82) is 0 Å². The van der Waals surface area contributed by atoms with Gasteiger partial charge in [0.2, 0.25) is 0 Å². The van der Waals surface area contributed by atoms with Crippen LogP contribution >= 0.6 is 0 Å². The molecule has 0 aromatic heterocycles. The zero-order valence-electron chi connectivity index (χ0n) is 8.52. The van der Waals surface area contributed by atoms with Gasteiger partial charge in [-0.15, -0.1) is 0 Å². The Kier molecular flexibility index (Phi) is 4.10. The normalized spacial score (nSPS) is 12.2.